The lowest BCUT2D eigenvalue weighted by atomic mass is 10.0. The van der Waals surface area contributed by atoms with Crippen LogP contribution in [-0.4, -0.2) is 22.6 Å². The highest BCUT2D eigenvalue weighted by molar-refractivity contribution is 5.66. The maximum atomic E-state index is 10.4. The summed E-state index contributed by atoms with van der Waals surface area (Å²) in [6.45, 7) is 2.76. The molecule has 0 amide bonds. The van der Waals surface area contributed by atoms with Gasteiger partial charge < -0.3 is 10.4 Å². The number of carbonyl (C=O) groups is 1. The molecule has 0 spiro atoms. The molecule has 1 rings (SSSR count). The molecule has 0 saturated carbocycles. The van der Waals surface area contributed by atoms with Crippen molar-refractivity contribution in [2.45, 2.75) is 26.2 Å². The highest BCUT2D eigenvalue weighted by Gasteiger charge is 2.05. The van der Waals surface area contributed by atoms with Gasteiger partial charge in [-0.25, -0.2) is 4.98 Å². The van der Waals surface area contributed by atoms with Crippen LogP contribution in [0.5, 0.6) is 0 Å². The van der Waals surface area contributed by atoms with Gasteiger partial charge in [0.1, 0.15) is 17.6 Å². The van der Waals surface area contributed by atoms with E-state index in [4.69, 9.17) is 10.4 Å². The lowest BCUT2D eigenvalue weighted by Crippen LogP contribution is -2.09. The zero-order valence-corrected chi connectivity index (χ0v) is 10.4. The van der Waals surface area contributed by atoms with Crippen LogP contribution in [0.15, 0.2) is 18.2 Å². The van der Waals surface area contributed by atoms with Crippen LogP contribution in [0.4, 0.5) is 5.82 Å². The molecular formula is C13H17N3O2. The first kappa shape index (κ1) is 14.0. The number of carboxylic acids is 1. The van der Waals surface area contributed by atoms with Crippen molar-refractivity contribution in [2.24, 2.45) is 5.92 Å². The van der Waals surface area contributed by atoms with Gasteiger partial charge in [0.25, 0.3) is 0 Å². The number of nitrogens with one attached hydrogen (secondary N) is 1. The quantitative estimate of drug-likeness (QED) is 0.771. The van der Waals surface area contributed by atoms with E-state index in [-0.39, 0.29) is 6.42 Å². The van der Waals surface area contributed by atoms with E-state index in [1.54, 1.807) is 12.1 Å². The Kier molecular flexibility index (Phi) is 5.65. The summed E-state index contributed by atoms with van der Waals surface area (Å²) in [7, 11) is 0. The topological polar surface area (TPSA) is 86.0 Å². The number of pyridine rings is 1. The monoisotopic (exact) mass is 247 g/mol. The van der Waals surface area contributed by atoms with Crippen molar-refractivity contribution in [1.82, 2.24) is 4.98 Å². The van der Waals surface area contributed by atoms with Crippen molar-refractivity contribution in [3.63, 3.8) is 0 Å². The Labute approximate surface area is 106 Å². The fourth-order valence-corrected chi connectivity index (χ4v) is 1.56. The van der Waals surface area contributed by atoms with Crippen LogP contribution in [0.25, 0.3) is 0 Å². The summed E-state index contributed by atoms with van der Waals surface area (Å²) in [6.07, 6.45) is 1.78. The number of hydrogen-bond acceptors (Lipinski definition) is 4. The van der Waals surface area contributed by atoms with Gasteiger partial charge >= 0.3 is 5.97 Å². The van der Waals surface area contributed by atoms with Crippen molar-refractivity contribution < 1.29 is 9.90 Å². The number of aromatic nitrogens is 1. The van der Waals surface area contributed by atoms with Crippen LogP contribution < -0.4 is 5.32 Å². The second-order valence-corrected chi connectivity index (χ2v) is 4.27. The van der Waals surface area contributed by atoms with E-state index < -0.39 is 5.97 Å². The normalized spacial score (nSPS) is 11.6. The first-order chi connectivity index (χ1) is 8.61. The smallest absolute Gasteiger partial charge is 0.303 e. The fourth-order valence-electron chi connectivity index (χ4n) is 1.56. The summed E-state index contributed by atoms with van der Waals surface area (Å²) in [5, 5.41) is 20.4. The summed E-state index contributed by atoms with van der Waals surface area (Å²) in [6, 6.07) is 7.22. The third kappa shape index (κ3) is 5.30. The molecule has 1 atom stereocenters. The molecule has 5 nitrogen and oxygen atoms in total. The third-order valence-corrected chi connectivity index (χ3v) is 2.66. The summed E-state index contributed by atoms with van der Waals surface area (Å²) < 4.78 is 0. The van der Waals surface area contributed by atoms with Crippen molar-refractivity contribution >= 4 is 11.8 Å². The third-order valence-electron chi connectivity index (χ3n) is 2.66. The molecule has 1 heterocycles. The molecule has 1 unspecified atom stereocenters. The molecule has 0 aromatic carbocycles. The van der Waals surface area contributed by atoms with Gasteiger partial charge in [-0.2, -0.15) is 5.26 Å². The molecule has 18 heavy (non-hydrogen) atoms. The first-order valence-electron chi connectivity index (χ1n) is 5.94. The molecular weight excluding hydrogens is 230 g/mol. The van der Waals surface area contributed by atoms with Crippen LogP contribution in [0.3, 0.4) is 0 Å². The van der Waals surface area contributed by atoms with E-state index >= 15 is 0 Å². The molecule has 2 N–H and O–H groups in total. The molecule has 0 fully saturated rings. The highest BCUT2D eigenvalue weighted by Crippen LogP contribution is 2.11. The zero-order valence-electron chi connectivity index (χ0n) is 10.4. The molecule has 0 bridgehead atoms. The second-order valence-electron chi connectivity index (χ2n) is 4.27. The largest absolute Gasteiger partial charge is 0.481 e. The van der Waals surface area contributed by atoms with Gasteiger partial charge in [0, 0.05) is 13.0 Å². The van der Waals surface area contributed by atoms with Gasteiger partial charge in [0.05, 0.1) is 0 Å². The molecule has 1 aromatic rings. The molecule has 96 valence electrons. The van der Waals surface area contributed by atoms with Crippen LogP contribution >= 0.6 is 0 Å². The number of nitriles is 1. The van der Waals surface area contributed by atoms with Crippen molar-refractivity contribution in [3.05, 3.63) is 23.9 Å². The Morgan fingerprint density at radius 3 is 3.00 bits per heavy atom. The Hall–Kier alpha value is -2.09. The molecule has 0 aliphatic heterocycles. The first-order valence-corrected chi connectivity index (χ1v) is 5.94. The molecule has 0 radical (unpaired) electrons. The van der Waals surface area contributed by atoms with Crippen molar-refractivity contribution in [1.29, 1.82) is 5.26 Å². The van der Waals surface area contributed by atoms with E-state index in [2.05, 4.69) is 10.3 Å². The van der Waals surface area contributed by atoms with Crippen LogP contribution in [0, 0.1) is 17.2 Å². The number of anilines is 1. The number of hydrogen-bond donors (Lipinski definition) is 2. The SMILES string of the molecule is CC(CCNc1cccc(C#N)n1)CCC(=O)O. The lowest BCUT2D eigenvalue weighted by molar-refractivity contribution is -0.137. The van der Waals surface area contributed by atoms with E-state index in [1.165, 1.54) is 0 Å². The van der Waals surface area contributed by atoms with Crippen LogP contribution in [0.1, 0.15) is 31.9 Å². The van der Waals surface area contributed by atoms with Gasteiger partial charge in [-0.05, 0) is 30.9 Å². The predicted molar refractivity (Wildman–Crippen MR) is 68.1 cm³/mol. The molecule has 0 aliphatic carbocycles. The lowest BCUT2D eigenvalue weighted by Gasteiger charge is -2.11. The molecule has 0 saturated heterocycles. The molecule has 1 aromatic heterocycles. The summed E-state index contributed by atoms with van der Waals surface area (Å²) in [5.74, 6) is 0.283. The Bertz CT molecular complexity index is 440. The van der Waals surface area contributed by atoms with E-state index in [0.717, 1.165) is 13.0 Å². The standard InChI is InChI=1S/C13H17N3O2/c1-10(5-6-13(17)18)7-8-15-12-4-2-3-11(9-14)16-12/h2-4,10H,5-8H2,1H3,(H,15,16)(H,17,18). The zero-order chi connectivity index (χ0) is 13.4. The van der Waals surface area contributed by atoms with Gasteiger partial charge in [0.2, 0.25) is 0 Å². The summed E-state index contributed by atoms with van der Waals surface area (Å²) in [5.41, 5.74) is 0.388. The highest BCUT2D eigenvalue weighted by atomic mass is 16.4. The predicted octanol–water partition coefficient (Wildman–Crippen LogP) is 2.26. The van der Waals surface area contributed by atoms with Crippen LogP contribution in [0.2, 0.25) is 0 Å². The van der Waals surface area contributed by atoms with Crippen molar-refractivity contribution in [3.8, 4) is 6.07 Å². The maximum Gasteiger partial charge on any atom is 0.303 e. The Morgan fingerprint density at radius 2 is 2.33 bits per heavy atom. The number of nitrogens with zero attached hydrogens (tertiary/aromatic N) is 2. The summed E-state index contributed by atoms with van der Waals surface area (Å²) in [4.78, 5) is 14.5. The van der Waals surface area contributed by atoms with Gasteiger partial charge in [-0.3, -0.25) is 4.79 Å². The minimum Gasteiger partial charge on any atom is -0.481 e. The van der Waals surface area contributed by atoms with Gasteiger partial charge in [-0.15, -0.1) is 0 Å². The Balaban J connectivity index is 2.28. The van der Waals surface area contributed by atoms with Crippen LogP contribution in [-0.2, 0) is 4.79 Å². The maximum absolute atomic E-state index is 10.4. The number of carboxylic acid groups (broad SMARTS) is 1. The fraction of sp³-hybridized carbons (Fsp3) is 0.462. The van der Waals surface area contributed by atoms with Gasteiger partial charge in [-0.1, -0.05) is 13.0 Å². The minimum atomic E-state index is -0.752. The molecule has 5 heteroatoms. The van der Waals surface area contributed by atoms with Gasteiger partial charge in [0.15, 0.2) is 0 Å². The summed E-state index contributed by atoms with van der Waals surface area (Å²) >= 11 is 0. The van der Waals surface area contributed by atoms with E-state index in [9.17, 15) is 4.79 Å². The second kappa shape index (κ2) is 7.28. The molecule has 0 aliphatic rings. The average molecular weight is 247 g/mol. The number of aliphatic carboxylic acids is 1. The van der Waals surface area contributed by atoms with E-state index in [1.807, 2.05) is 19.1 Å². The average Bonchev–Trinajstić information content (AvgIpc) is 2.36. The number of rotatable bonds is 7. The minimum absolute atomic E-state index is 0.212. The Morgan fingerprint density at radius 1 is 1.56 bits per heavy atom. The van der Waals surface area contributed by atoms with E-state index in [0.29, 0.717) is 23.9 Å². The van der Waals surface area contributed by atoms with Crippen molar-refractivity contribution in [2.75, 3.05) is 11.9 Å².